The minimum absolute atomic E-state index is 0. The van der Waals surface area contributed by atoms with E-state index in [0.717, 1.165) is 0 Å². The van der Waals surface area contributed by atoms with Crippen molar-refractivity contribution < 1.29 is 19.8 Å². The minimum Gasteiger partial charge on any atom is -0.368 e. The van der Waals surface area contributed by atoms with Gasteiger partial charge in [-0.15, -0.1) is 0 Å². The van der Waals surface area contributed by atoms with E-state index in [1.54, 1.807) is 0 Å². The molecule has 0 aromatic carbocycles. The van der Waals surface area contributed by atoms with Crippen LogP contribution in [-0.4, -0.2) is 4.98 Å². The molecule has 1 rings (SSSR count). The van der Waals surface area contributed by atoms with Crippen molar-refractivity contribution in [3.8, 4) is 0 Å². The molecule has 1 heterocycles. The third-order valence-corrected chi connectivity index (χ3v) is 0.496. The molecule has 0 aliphatic carbocycles. The van der Waals surface area contributed by atoms with E-state index in [1.807, 2.05) is 24.5 Å². The zero-order valence-corrected chi connectivity index (χ0v) is 5.70. The molecule has 0 saturated heterocycles. The smallest absolute Gasteiger partial charge is 0.000496 e. The zero-order chi connectivity index (χ0) is 3.54. The van der Waals surface area contributed by atoms with Crippen LogP contribution in [0.15, 0.2) is 24.5 Å². The largest absolute Gasteiger partial charge is 0.368 e. The predicted octanol–water partition coefficient (Wildman–Crippen LogP) is 1.01. The van der Waals surface area contributed by atoms with Crippen LogP contribution in [0.1, 0.15) is 0 Å². The Labute approximate surface area is 49.8 Å². The quantitative estimate of drug-likeness (QED) is 0.714. The van der Waals surface area contributed by atoms with E-state index < -0.39 is 0 Å². The molecule has 6 heavy (non-hydrogen) atoms. The van der Waals surface area contributed by atoms with E-state index in [4.69, 9.17) is 0 Å². The second-order valence-corrected chi connectivity index (χ2v) is 0.885. The molecule has 34 valence electrons. The van der Waals surface area contributed by atoms with Gasteiger partial charge in [-0.05, 0) is 12.1 Å². The third kappa shape index (κ3) is 1.38. The number of hydrogen-bond acceptors (Lipinski definition) is 0. The molecule has 2 heteroatoms. The van der Waals surface area contributed by atoms with Crippen molar-refractivity contribution in [1.29, 1.82) is 0 Å². The van der Waals surface area contributed by atoms with Crippen molar-refractivity contribution in [2.24, 2.45) is 0 Å². The molecule has 1 aromatic rings. The molecule has 0 aliphatic heterocycles. The zero-order valence-electron chi connectivity index (χ0n) is 3.16. The molecule has 1 aromatic heterocycles. The second kappa shape index (κ2) is 3.12. The number of aromatic amines is 1. The van der Waals surface area contributed by atoms with Crippen molar-refractivity contribution in [3.63, 3.8) is 0 Å². The SMILES string of the molecule is [Os].c1cc[nH]c1. The predicted molar refractivity (Wildman–Crippen MR) is 20.8 cm³/mol. The first-order chi connectivity index (χ1) is 2.50. The van der Waals surface area contributed by atoms with Crippen LogP contribution in [0.4, 0.5) is 0 Å². The molecular weight excluding hydrogens is 252 g/mol. The second-order valence-electron chi connectivity index (χ2n) is 0.885. The first kappa shape index (κ1) is 5.92. The van der Waals surface area contributed by atoms with Crippen LogP contribution in [0.3, 0.4) is 0 Å². The molecule has 0 aliphatic rings. The monoisotopic (exact) mass is 259 g/mol. The molecule has 1 nitrogen and oxygen atoms in total. The summed E-state index contributed by atoms with van der Waals surface area (Å²) in [6.45, 7) is 0. The van der Waals surface area contributed by atoms with Crippen LogP contribution in [-0.2, 0) is 19.8 Å². The Morgan fingerprint density at radius 3 is 1.67 bits per heavy atom. The van der Waals surface area contributed by atoms with E-state index in [-0.39, 0.29) is 19.8 Å². The molecular formula is C4H5NOs. The summed E-state index contributed by atoms with van der Waals surface area (Å²) in [5.74, 6) is 0. The summed E-state index contributed by atoms with van der Waals surface area (Å²) in [6.07, 6.45) is 3.75. The van der Waals surface area contributed by atoms with Crippen molar-refractivity contribution in [3.05, 3.63) is 24.5 Å². The maximum Gasteiger partial charge on any atom is 0.000496 e. The molecule has 0 amide bonds. The average molecular weight is 257 g/mol. The summed E-state index contributed by atoms with van der Waals surface area (Å²) >= 11 is 0. The van der Waals surface area contributed by atoms with Gasteiger partial charge in [-0.3, -0.25) is 0 Å². The standard InChI is InChI=1S/C4H5N.Os/c1-2-4-5-3-1;/h1-5H;. The fraction of sp³-hybridized carbons (Fsp3) is 0. The number of rotatable bonds is 0. The summed E-state index contributed by atoms with van der Waals surface area (Å²) in [4.78, 5) is 2.86. The van der Waals surface area contributed by atoms with E-state index in [1.165, 1.54) is 0 Å². The van der Waals surface area contributed by atoms with Crippen molar-refractivity contribution in [2.75, 3.05) is 0 Å². The Hall–Kier alpha value is -0.0836. The van der Waals surface area contributed by atoms with Gasteiger partial charge >= 0.3 is 0 Å². The van der Waals surface area contributed by atoms with Gasteiger partial charge in [-0.25, -0.2) is 0 Å². The van der Waals surface area contributed by atoms with Gasteiger partial charge in [0.05, 0.1) is 0 Å². The van der Waals surface area contributed by atoms with Gasteiger partial charge in [0.25, 0.3) is 0 Å². The van der Waals surface area contributed by atoms with Crippen LogP contribution in [0.2, 0.25) is 0 Å². The van der Waals surface area contributed by atoms with Crippen molar-refractivity contribution in [2.45, 2.75) is 0 Å². The summed E-state index contributed by atoms with van der Waals surface area (Å²) in [7, 11) is 0. The summed E-state index contributed by atoms with van der Waals surface area (Å²) < 4.78 is 0. The average Bonchev–Trinajstić information content (AvgIpc) is 1.76. The maximum atomic E-state index is 2.86. The molecule has 0 unspecified atom stereocenters. The maximum absolute atomic E-state index is 2.86. The number of hydrogen-bond donors (Lipinski definition) is 1. The number of H-pyrrole nitrogens is 1. The van der Waals surface area contributed by atoms with Gasteiger partial charge in [0.1, 0.15) is 0 Å². The van der Waals surface area contributed by atoms with Crippen molar-refractivity contribution >= 4 is 0 Å². The molecule has 0 saturated carbocycles. The minimum atomic E-state index is 0. The first-order valence-corrected chi connectivity index (χ1v) is 1.58. The van der Waals surface area contributed by atoms with Gasteiger partial charge in [0.15, 0.2) is 0 Å². The number of nitrogens with one attached hydrogen (secondary N) is 1. The Kier molecular flexibility index (Phi) is 3.08. The molecule has 0 radical (unpaired) electrons. The molecule has 0 spiro atoms. The Morgan fingerprint density at radius 1 is 1.00 bits per heavy atom. The molecule has 0 bridgehead atoms. The van der Waals surface area contributed by atoms with Crippen LogP contribution < -0.4 is 0 Å². The van der Waals surface area contributed by atoms with Gasteiger partial charge in [0.2, 0.25) is 0 Å². The van der Waals surface area contributed by atoms with Crippen LogP contribution >= 0.6 is 0 Å². The first-order valence-electron chi connectivity index (χ1n) is 1.58. The molecule has 0 fully saturated rings. The van der Waals surface area contributed by atoms with Gasteiger partial charge in [0, 0.05) is 32.2 Å². The molecule has 0 atom stereocenters. The molecule has 1 N–H and O–H groups in total. The van der Waals surface area contributed by atoms with E-state index in [0.29, 0.717) is 0 Å². The Balaban J connectivity index is 0.000000250. The van der Waals surface area contributed by atoms with Crippen LogP contribution in [0, 0.1) is 0 Å². The van der Waals surface area contributed by atoms with Crippen molar-refractivity contribution in [1.82, 2.24) is 4.98 Å². The summed E-state index contributed by atoms with van der Waals surface area (Å²) in [5.41, 5.74) is 0. The fourth-order valence-corrected chi connectivity index (χ4v) is 0.278. The third-order valence-electron chi connectivity index (χ3n) is 0.496. The Bertz CT molecular complexity index is 64.0. The summed E-state index contributed by atoms with van der Waals surface area (Å²) in [6, 6.07) is 3.89. The van der Waals surface area contributed by atoms with Crippen LogP contribution in [0.25, 0.3) is 0 Å². The topological polar surface area (TPSA) is 15.8 Å². The van der Waals surface area contributed by atoms with E-state index in [9.17, 15) is 0 Å². The van der Waals surface area contributed by atoms with E-state index in [2.05, 4.69) is 4.98 Å². The summed E-state index contributed by atoms with van der Waals surface area (Å²) in [5, 5.41) is 0. The normalized spacial score (nSPS) is 6.67. The van der Waals surface area contributed by atoms with Gasteiger partial charge < -0.3 is 4.98 Å². The van der Waals surface area contributed by atoms with E-state index >= 15 is 0 Å². The Morgan fingerprint density at radius 2 is 1.50 bits per heavy atom. The van der Waals surface area contributed by atoms with Gasteiger partial charge in [-0.1, -0.05) is 0 Å². The van der Waals surface area contributed by atoms with Crippen LogP contribution in [0.5, 0.6) is 0 Å². The number of aromatic nitrogens is 1. The van der Waals surface area contributed by atoms with Gasteiger partial charge in [-0.2, -0.15) is 0 Å². The fourth-order valence-electron chi connectivity index (χ4n) is 0.278.